The maximum atomic E-state index is 12.8. The Morgan fingerprint density at radius 1 is 1.14 bits per heavy atom. The number of carbonyl (C=O) groups excluding carboxylic acids is 1. The van der Waals surface area contributed by atoms with Crippen LogP contribution in [-0.2, 0) is 0 Å². The van der Waals surface area contributed by atoms with Crippen LogP contribution in [0, 0.1) is 0 Å². The Kier molecular flexibility index (Phi) is 3.38. The molecule has 1 amide bonds. The van der Waals surface area contributed by atoms with Gasteiger partial charge in [-0.15, -0.1) is 0 Å². The zero-order valence-electron chi connectivity index (χ0n) is 12.4. The minimum atomic E-state index is 0.0466. The Labute approximate surface area is 129 Å². The molecule has 2 aromatic heterocycles. The van der Waals surface area contributed by atoms with Crippen molar-refractivity contribution in [2.75, 3.05) is 26.2 Å². The molecular formula is C16H19N5O. The molecule has 0 radical (unpaired) electrons. The SMILES string of the molecule is O=C(c1cc(-c2ccncc2)[nH]n1)N1CCN2CCC1CC2. The summed E-state index contributed by atoms with van der Waals surface area (Å²) in [6, 6.07) is 6.02. The lowest BCUT2D eigenvalue weighted by molar-refractivity contribution is 0.0679. The summed E-state index contributed by atoms with van der Waals surface area (Å²) < 4.78 is 0. The van der Waals surface area contributed by atoms with Crippen LogP contribution in [0.25, 0.3) is 11.3 Å². The number of amides is 1. The van der Waals surface area contributed by atoms with Gasteiger partial charge in [-0.05, 0) is 31.0 Å². The Balaban J connectivity index is 1.57. The van der Waals surface area contributed by atoms with Gasteiger partial charge < -0.3 is 9.80 Å². The fraction of sp³-hybridized carbons (Fsp3) is 0.438. The van der Waals surface area contributed by atoms with Gasteiger partial charge >= 0.3 is 0 Å². The molecule has 6 heteroatoms. The number of piperidine rings is 1. The number of H-pyrrole nitrogens is 1. The number of nitrogens with one attached hydrogen (secondary N) is 1. The minimum Gasteiger partial charge on any atom is -0.333 e. The molecule has 0 saturated carbocycles. The lowest BCUT2D eigenvalue weighted by Gasteiger charge is -2.30. The third kappa shape index (κ3) is 2.39. The molecule has 3 aliphatic rings. The number of hydrogen-bond donors (Lipinski definition) is 1. The van der Waals surface area contributed by atoms with Crippen LogP contribution in [0.2, 0.25) is 0 Å². The average Bonchev–Trinajstić information content (AvgIpc) is 2.88. The van der Waals surface area contributed by atoms with Crippen LogP contribution in [0.3, 0.4) is 0 Å². The number of fused-ring (bicyclic) bond motifs is 4. The molecule has 2 bridgehead atoms. The molecule has 3 aliphatic heterocycles. The monoisotopic (exact) mass is 297 g/mol. The van der Waals surface area contributed by atoms with E-state index in [0.29, 0.717) is 11.7 Å². The largest absolute Gasteiger partial charge is 0.333 e. The van der Waals surface area contributed by atoms with Gasteiger partial charge in [0.2, 0.25) is 0 Å². The third-order valence-corrected chi connectivity index (χ3v) is 4.70. The number of pyridine rings is 1. The summed E-state index contributed by atoms with van der Waals surface area (Å²) in [5, 5.41) is 7.20. The quantitative estimate of drug-likeness (QED) is 0.910. The maximum absolute atomic E-state index is 12.8. The van der Waals surface area contributed by atoms with Gasteiger partial charge in [0.25, 0.3) is 5.91 Å². The van der Waals surface area contributed by atoms with Gasteiger partial charge in [0.15, 0.2) is 5.69 Å². The summed E-state index contributed by atoms with van der Waals surface area (Å²) in [6.45, 7) is 4.00. The predicted octanol–water partition coefficient (Wildman–Crippen LogP) is 1.39. The van der Waals surface area contributed by atoms with E-state index in [1.165, 1.54) is 0 Å². The van der Waals surface area contributed by atoms with Crippen molar-refractivity contribution < 1.29 is 4.79 Å². The minimum absolute atomic E-state index is 0.0466. The van der Waals surface area contributed by atoms with Crippen molar-refractivity contribution in [2.24, 2.45) is 0 Å². The number of rotatable bonds is 2. The van der Waals surface area contributed by atoms with Crippen LogP contribution in [0.4, 0.5) is 0 Å². The van der Waals surface area contributed by atoms with Gasteiger partial charge in [-0.25, -0.2) is 0 Å². The highest BCUT2D eigenvalue weighted by Crippen LogP contribution is 2.23. The molecule has 0 aliphatic carbocycles. The number of carbonyl (C=O) groups is 1. The molecule has 2 aromatic rings. The van der Waals surface area contributed by atoms with Crippen molar-refractivity contribution in [3.05, 3.63) is 36.3 Å². The van der Waals surface area contributed by atoms with Gasteiger partial charge in [-0.3, -0.25) is 14.9 Å². The zero-order chi connectivity index (χ0) is 14.9. The van der Waals surface area contributed by atoms with Crippen LogP contribution < -0.4 is 0 Å². The molecule has 0 aromatic carbocycles. The van der Waals surface area contributed by atoms with E-state index in [4.69, 9.17) is 0 Å². The van der Waals surface area contributed by atoms with Gasteiger partial charge in [-0.1, -0.05) is 0 Å². The van der Waals surface area contributed by atoms with E-state index in [2.05, 4.69) is 20.1 Å². The predicted molar refractivity (Wildman–Crippen MR) is 82.3 cm³/mol. The van der Waals surface area contributed by atoms with Crippen molar-refractivity contribution >= 4 is 5.91 Å². The highest BCUT2D eigenvalue weighted by molar-refractivity contribution is 5.93. The first-order chi connectivity index (χ1) is 10.8. The Morgan fingerprint density at radius 3 is 2.68 bits per heavy atom. The Bertz CT molecular complexity index is 660. The van der Waals surface area contributed by atoms with Gasteiger partial charge in [0.1, 0.15) is 0 Å². The summed E-state index contributed by atoms with van der Waals surface area (Å²) in [4.78, 5) is 21.3. The van der Waals surface area contributed by atoms with Crippen molar-refractivity contribution in [1.82, 2.24) is 25.0 Å². The standard InChI is InChI=1S/C16H19N5O/c22-16(21-10-9-20-7-3-13(21)4-8-20)15-11-14(18-19-15)12-1-5-17-6-2-12/h1-2,5-6,11,13H,3-4,7-10H2,(H,18,19). The summed E-state index contributed by atoms with van der Waals surface area (Å²) in [5.74, 6) is 0.0466. The number of nitrogens with zero attached hydrogens (tertiary/aromatic N) is 4. The van der Waals surface area contributed by atoms with E-state index in [9.17, 15) is 4.79 Å². The average molecular weight is 297 g/mol. The van der Waals surface area contributed by atoms with Crippen molar-refractivity contribution in [3.63, 3.8) is 0 Å². The second-order valence-corrected chi connectivity index (χ2v) is 5.97. The van der Waals surface area contributed by atoms with Crippen LogP contribution in [0.1, 0.15) is 23.3 Å². The first-order valence-electron chi connectivity index (χ1n) is 7.80. The Hall–Kier alpha value is -2.21. The molecule has 3 saturated heterocycles. The van der Waals surface area contributed by atoms with Crippen LogP contribution in [-0.4, -0.2) is 63.1 Å². The molecule has 0 unspecified atom stereocenters. The van der Waals surface area contributed by atoms with Gasteiger partial charge in [0.05, 0.1) is 5.69 Å². The fourth-order valence-corrected chi connectivity index (χ4v) is 3.41. The second-order valence-electron chi connectivity index (χ2n) is 5.97. The third-order valence-electron chi connectivity index (χ3n) is 4.70. The van der Waals surface area contributed by atoms with E-state index < -0.39 is 0 Å². The van der Waals surface area contributed by atoms with E-state index in [1.807, 2.05) is 23.1 Å². The molecule has 6 nitrogen and oxygen atoms in total. The smallest absolute Gasteiger partial charge is 0.274 e. The maximum Gasteiger partial charge on any atom is 0.274 e. The first-order valence-corrected chi connectivity index (χ1v) is 7.80. The topological polar surface area (TPSA) is 65.1 Å². The molecule has 5 rings (SSSR count). The van der Waals surface area contributed by atoms with Crippen molar-refractivity contribution in [3.8, 4) is 11.3 Å². The molecule has 5 heterocycles. The summed E-state index contributed by atoms with van der Waals surface area (Å²) in [5.41, 5.74) is 2.35. The molecule has 0 spiro atoms. The van der Waals surface area contributed by atoms with E-state index in [0.717, 1.165) is 50.3 Å². The van der Waals surface area contributed by atoms with Crippen LogP contribution in [0.15, 0.2) is 30.6 Å². The van der Waals surface area contributed by atoms with E-state index >= 15 is 0 Å². The van der Waals surface area contributed by atoms with Crippen molar-refractivity contribution in [1.29, 1.82) is 0 Å². The number of hydrogen-bond acceptors (Lipinski definition) is 4. The van der Waals surface area contributed by atoms with Crippen LogP contribution in [0.5, 0.6) is 0 Å². The Morgan fingerprint density at radius 2 is 1.91 bits per heavy atom. The lowest BCUT2D eigenvalue weighted by Crippen LogP contribution is -2.41. The number of aromatic amines is 1. The van der Waals surface area contributed by atoms with E-state index in [1.54, 1.807) is 12.4 Å². The van der Waals surface area contributed by atoms with Gasteiger partial charge in [-0.2, -0.15) is 5.10 Å². The summed E-state index contributed by atoms with van der Waals surface area (Å²) >= 11 is 0. The highest BCUT2D eigenvalue weighted by Gasteiger charge is 2.33. The summed E-state index contributed by atoms with van der Waals surface area (Å²) in [7, 11) is 0. The zero-order valence-corrected chi connectivity index (χ0v) is 12.4. The molecule has 3 fully saturated rings. The molecular weight excluding hydrogens is 278 g/mol. The van der Waals surface area contributed by atoms with Gasteiger partial charge in [0, 0.05) is 50.2 Å². The highest BCUT2D eigenvalue weighted by atomic mass is 16.2. The first kappa shape index (κ1) is 13.5. The fourth-order valence-electron chi connectivity index (χ4n) is 3.41. The number of aromatic nitrogens is 3. The normalized spacial score (nSPS) is 24.3. The van der Waals surface area contributed by atoms with Crippen molar-refractivity contribution in [2.45, 2.75) is 18.9 Å². The van der Waals surface area contributed by atoms with E-state index in [-0.39, 0.29) is 5.91 Å². The summed E-state index contributed by atoms with van der Waals surface area (Å²) in [6.07, 6.45) is 5.62. The lowest BCUT2D eigenvalue weighted by atomic mass is 10.0. The van der Waals surface area contributed by atoms with Crippen LogP contribution >= 0.6 is 0 Å². The molecule has 1 N–H and O–H groups in total. The molecule has 114 valence electrons. The molecule has 22 heavy (non-hydrogen) atoms. The second kappa shape index (κ2) is 5.53. The molecule has 0 atom stereocenters.